The molecule has 1 amide bonds. The van der Waals surface area contributed by atoms with Crippen LogP contribution in [0.15, 0.2) is 23.2 Å². The zero-order valence-electron chi connectivity index (χ0n) is 26.8. The van der Waals surface area contributed by atoms with Crippen LogP contribution in [0.1, 0.15) is 135 Å². The van der Waals surface area contributed by atoms with Crippen LogP contribution < -0.4 is 4.74 Å². The van der Waals surface area contributed by atoms with Crippen LogP contribution in [0, 0.1) is 5.92 Å². The third-order valence-electron chi connectivity index (χ3n) is 7.83. The second-order valence-electron chi connectivity index (χ2n) is 11.0. The molecule has 0 fully saturated rings. The van der Waals surface area contributed by atoms with Crippen molar-refractivity contribution in [1.82, 2.24) is 4.90 Å². The second kappa shape index (κ2) is 20.4. The topological polar surface area (TPSA) is 77.4 Å². The lowest BCUT2D eigenvalue weighted by atomic mass is 9.83. The van der Waals surface area contributed by atoms with E-state index in [1.807, 2.05) is 19.1 Å². The third kappa shape index (κ3) is 11.0. The van der Waals surface area contributed by atoms with Gasteiger partial charge < -0.3 is 14.2 Å². The van der Waals surface area contributed by atoms with Crippen molar-refractivity contribution < 1.29 is 23.8 Å². The van der Waals surface area contributed by atoms with Crippen LogP contribution in [0.25, 0.3) is 0 Å². The Morgan fingerprint density at radius 3 is 1.93 bits per heavy atom. The first kappa shape index (κ1) is 35.7. The highest BCUT2D eigenvalue weighted by Crippen LogP contribution is 2.42. The second-order valence-corrected chi connectivity index (χ2v) is 11.4. The number of benzene rings is 1. The van der Waals surface area contributed by atoms with Crippen LogP contribution in [0.5, 0.6) is 5.75 Å². The molecule has 0 saturated heterocycles. The zero-order valence-corrected chi connectivity index (χ0v) is 27.6. The standard InChI is InChI=1S/C34H54N2O5S/c1-6-10-11-12-13-14-15-16-17-18-19-20-21-23-27-24-22-25-28(39-7-2)30(27)31-29(32(37)40-8-3)26(5)35-33(42)36(31)34(38)41-9-4/h22,24-25,29,31H,6-21,23H2,1-5H3. The molecule has 42 heavy (non-hydrogen) atoms. The molecule has 0 N–H and O–H groups in total. The monoisotopic (exact) mass is 602 g/mol. The van der Waals surface area contributed by atoms with Gasteiger partial charge in [-0.3, -0.25) is 4.79 Å². The molecule has 0 aromatic heterocycles. The van der Waals surface area contributed by atoms with Crippen molar-refractivity contribution in [2.75, 3.05) is 19.8 Å². The van der Waals surface area contributed by atoms with E-state index in [2.05, 4.69) is 18.0 Å². The highest BCUT2D eigenvalue weighted by Gasteiger charge is 2.47. The van der Waals surface area contributed by atoms with Gasteiger partial charge in [0.05, 0.1) is 25.9 Å². The first-order chi connectivity index (χ1) is 20.4. The van der Waals surface area contributed by atoms with Crippen molar-refractivity contribution in [3.63, 3.8) is 0 Å². The molecule has 2 rings (SSSR count). The number of esters is 1. The Morgan fingerprint density at radius 1 is 0.810 bits per heavy atom. The number of thiocarbonyl (C=S) groups is 1. The van der Waals surface area contributed by atoms with Gasteiger partial charge in [-0.05, 0) is 64.4 Å². The number of aliphatic imine (C=N–C) groups is 1. The van der Waals surface area contributed by atoms with Crippen molar-refractivity contribution in [2.24, 2.45) is 10.9 Å². The maximum Gasteiger partial charge on any atom is 0.416 e. The van der Waals surface area contributed by atoms with Crippen LogP contribution in [0.2, 0.25) is 0 Å². The fraction of sp³-hybridized carbons (Fsp3) is 0.706. The number of hydrogen-bond acceptors (Lipinski definition) is 6. The minimum absolute atomic E-state index is 0.0784. The molecule has 7 nitrogen and oxygen atoms in total. The normalized spacial score (nSPS) is 16.7. The van der Waals surface area contributed by atoms with E-state index in [0.717, 1.165) is 30.4 Å². The van der Waals surface area contributed by atoms with Crippen LogP contribution in [-0.2, 0) is 20.7 Å². The summed E-state index contributed by atoms with van der Waals surface area (Å²) < 4.78 is 16.9. The summed E-state index contributed by atoms with van der Waals surface area (Å²) in [6.45, 7) is 10.3. The van der Waals surface area contributed by atoms with E-state index in [1.54, 1.807) is 20.8 Å². The minimum atomic E-state index is -0.826. The maximum atomic E-state index is 13.3. The van der Waals surface area contributed by atoms with Gasteiger partial charge in [-0.1, -0.05) is 96.1 Å². The number of aryl methyl sites for hydroxylation is 1. The predicted octanol–water partition coefficient (Wildman–Crippen LogP) is 9.16. The molecular weight excluding hydrogens is 548 g/mol. The Morgan fingerprint density at radius 2 is 1.38 bits per heavy atom. The number of unbranched alkanes of at least 4 members (excludes halogenated alkanes) is 12. The van der Waals surface area contributed by atoms with Crippen molar-refractivity contribution >= 4 is 35.1 Å². The summed E-state index contributed by atoms with van der Waals surface area (Å²) >= 11 is 5.57. The largest absolute Gasteiger partial charge is 0.494 e. The molecule has 2 atom stereocenters. The van der Waals surface area contributed by atoms with Gasteiger partial charge in [0.15, 0.2) is 0 Å². The first-order valence-corrected chi connectivity index (χ1v) is 16.8. The first-order valence-electron chi connectivity index (χ1n) is 16.4. The number of ether oxygens (including phenoxy) is 3. The van der Waals surface area contributed by atoms with Gasteiger partial charge >= 0.3 is 12.1 Å². The van der Waals surface area contributed by atoms with Gasteiger partial charge in [0.1, 0.15) is 11.7 Å². The number of nitrogens with zero attached hydrogens (tertiary/aromatic N) is 2. The van der Waals surface area contributed by atoms with Crippen LogP contribution >= 0.6 is 12.2 Å². The Hall–Kier alpha value is -2.48. The van der Waals surface area contributed by atoms with Crippen LogP contribution in [0.4, 0.5) is 4.79 Å². The average Bonchev–Trinajstić information content (AvgIpc) is 2.95. The highest BCUT2D eigenvalue weighted by molar-refractivity contribution is 7.80. The van der Waals surface area contributed by atoms with Gasteiger partial charge in [0.25, 0.3) is 0 Å². The summed E-state index contributed by atoms with van der Waals surface area (Å²) in [7, 11) is 0. The third-order valence-corrected chi connectivity index (χ3v) is 8.12. The molecule has 0 aliphatic carbocycles. The fourth-order valence-electron chi connectivity index (χ4n) is 5.74. The average molecular weight is 603 g/mol. The zero-order chi connectivity index (χ0) is 30.7. The summed E-state index contributed by atoms with van der Waals surface area (Å²) in [5.74, 6) is -0.636. The Balaban J connectivity index is 2.16. The van der Waals surface area contributed by atoms with E-state index in [1.165, 1.54) is 75.5 Å². The lowest BCUT2D eigenvalue weighted by molar-refractivity contribution is -0.147. The summed E-state index contributed by atoms with van der Waals surface area (Å²) in [5.41, 5.74) is 2.33. The Bertz CT molecular complexity index is 1010. The molecule has 1 heterocycles. The summed E-state index contributed by atoms with van der Waals surface area (Å²) in [4.78, 5) is 32.3. The highest BCUT2D eigenvalue weighted by atomic mass is 32.1. The summed E-state index contributed by atoms with van der Waals surface area (Å²) in [5, 5.41) is 0.0784. The van der Waals surface area contributed by atoms with Crippen molar-refractivity contribution in [3.8, 4) is 5.75 Å². The van der Waals surface area contributed by atoms with Gasteiger partial charge in [0.2, 0.25) is 5.11 Å². The molecule has 1 aliphatic heterocycles. The van der Waals surface area contributed by atoms with E-state index >= 15 is 0 Å². The van der Waals surface area contributed by atoms with E-state index in [0.29, 0.717) is 18.1 Å². The molecule has 0 saturated carbocycles. The van der Waals surface area contributed by atoms with Crippen LogP contribution in [0.3, 0.4) is 0 Å². The van der Waals surface area contributed by atoms with Crippen molar-refractivity contribution in [1.29, 1.82) is 0 Å². The number of rotatable bonds is 20. The summed E-state index contributed by atoms with van der Waals surface area (Å²) in [6, 6.07) is 5.16. The summed E-state index contributed by atoms with van der Waals surface area (Å²) in [6.07, 6.45) is 17.0. The smallest absolute Gasteiger partial charge is 0.416 e. The Labute approximate surface area is 259 Å². The molecule has 0 spiro atoms. The van der Waals surface area contributed by atoms with Gasteiger partial charge in [0, 0.05) is 11.3 Å². The molecule has 2 unspecified atom stereocenters. The molecule has 236 valence electrons. The van der Waals surface area contributed by atoms with Gasteiger partial charge in [-0.2, -0.15) is 0 Å². The molecular formula is C34H54N2O5S. The number of carbonyl (C=O) groups is 2. The Kier molecular flexibility index (Phi) is 17.4. The molecule has 0 bridgehead atoms. The van der Waals surface area contributed by atoms with E-state index in [-0.39, 0.29) is 18.3 Å². The molecule has 1 aromatic rings. The number of amides is 1. The van der Waals surface area contributed by atoms with E-state index in [9.17, 15) is 9.59 Å². The van der Waals surface area contributed by atoms with Crippen molar-refractivity contribution in [2.45, 2.75) is 131 Å². The molecule has 1 aliphatic rings. The van der Waals surface area contributed by atoms with E-state index in [4.69, 9.17) is 26.4 Å². The fourth-order valence-corrected chi connectivity index (χ4v) is 6.07. The maximum absolute atomic E-state index is 13.3. The molecule has 8 heteroatoms. The molecule has 1 aromatic carbocycles. The predicted molar refractivity (Wildman–Crippen MR) is 174 cm³/mol. The van der Waals surface area contributed by atoms with E-state index < -0.39 is 24.0 Å². The quantitative estimate of drug-likeness (QED) is 0.0841. The number of carbonyl (C=O) groups excluding carboxylic acids is 2. The van der Waals surface area contributed by atoms with Crippen LogP contribution in [-0.4, -0.2) is 47.6 Å². The van der Waals surface area contributed by atoms with Crippen molar-refractivity contribution in [3.05, 3.63) is 29.3 Å². The number of hydrogen-bond donors (Lipinski definition) is 0. The lowest BCUT2D eigenvalue weighted by Gasteiger charge is -2.39. The minimum Gasteiger partial charge on any atom is -0.494 e. The lowest BCUT2D eigenvalue weighted by Crippen LogP contribution is -2.50. The SMILES string of the molecule is CCCCCCCCCCCCCCCc1cccc(OCC)c1C1C(C(=O)OCC)C(C)=NC(=S)N1C(=O)OCC. The molecule has 0 radical (unpaired) electrons. The van der Waals surface area contributed by atoms with Gasteiger partial charge in [-0.25, -0.2) is 14.7 Å². The van der Waals surface area contributed by atoms with Gasteiger partial charge in [-0.15, -0.1) is 0 Å².